The van der Waals surface area contributed by atoms with Crippen molar-refractivity contribution in [2.45, 2.75) is 32.1 Å². The standard InChI is InChI=1S/C21H23FN2O2/c1-14-11-16(9-10-19(14)22)18(15-7-8-15)12-20(25)23-13-21(26)24-17-5-3-2-4-6-17/h2-6,9-11,15,18H,7-8,12-13H2,1H3,(H,23,25)(H,24,26). The van der Waals surface area contributed by atoms with Gasteiger partial charge in [-0.15, -0.1) is 0 Å². The van der Waals surface area contributed by atoms with E-state index in [-0.39, 0.29) is 30.1 Å². The first-order valence-electron chi connectivity index (χ1n) is 8.90. The highest BCUT2D eigenvalue weighted by Gasteiger charge is 2.33. The van der Waals surface area contributed by atoms with Gasteiger partial charge in [-0.05, 0) is 60.9 Å². The highest BCUT2D eigenvalue weighted by atomic mass is 19.1. The number of para-hydroxylation sites is 1. The van der Waals surface area contributed by atoms with Crippen LogP contribution < -0.4 is 10.6 Å². The van der Waals surface area contributed by atoms with Crippen LogP contribution in [0.3, 0.4) is 0 Å². The molecule has 1 fully saturated rings. The number of hydrogen-bond donors (Lipinski definition) is 2. The molecule has 2 amide bonds. The normalized spacial score (nSPS) is 14.5. The molecule has 2 N–H and O–H groups in total. The maximum atomic E-state index is 13.5. The highest BCUT2D eigenvalue weighted by molar-refractivity contribution is 5.94. The summed E-state index contributed by atoms with van der Waals surface area (Å²) in [7, 11) is 0. The Kier molecular flexibility index (Phi) is 5.66. The minimum atomic E-state index is -0.259. The minimum absolute atomic E-state index is 0.0619. The number of carbonyl (C=O) groups excluding carboxylic acids is 2. The monoisotopic (exact) mass is 354 g/mol. The molecule has 136 valence electrons. The summed E-state index contributed by atoms with van der Waals surface area (Å²) in [6, 6.07) is 14.2. The Morgan fingerprint density at radius 3 is 2.50 bits per heavy atom. The number of halogens is 1. The van der Waals surface area contributed by atoms with Gasteiger partial charge in [0.05, 0.1) is 6.54 Å². The Morgan fingerprint density at radius 2 is 1.85 bits per heavy atom. The van der Waals surface area contributed by atoms with Gasteiger partial charge in [-0.2, -0.15) is 0 Å². The maximum Gasteiger partial charge on any atom is 0.243 e. The van der Waals surface area contributed by atoms with Crippen molar-refractivity contribution in [1.29, 1.82) is 0 Å². The van der Waals surface area contributed by atoms with Crippen molar-refractivity contribution >= 4 is 17.5 Å². The third-order valence-corrected chi connectivity index (χ3v) is 4.71. The fraction of sp³-hybridized carbons (Fsp3) is 0.333. The Hall–Kier alpha value is -2.69. The molecule has 0 bridgehead atoms. The molecule has 1 aliphatic carbocycles. The fourth-order valence-electron chi connectivity index (χ4n) is 3.13. The average molecular weight is 354 g/mol. The van der Waals surface area contributed by atoms with Crippen molar-refractivity contribution in [1.82, 2.24) is 5.32 Å². The molecule has 1 aliphatic rings. The Bertz CT molecular complexity index is 788. The van der Waals surface area contributed by atoms with Crippen LogP contribution in [0.1, 0.15) is 36.3 Å². The Balaban J connectivity index is 1.53. The molecule has 0 spiro atoms. The van der Waals surface area contributed by atoms with Crippen LogP contribution in [0.4, 0.5) is 10.1 Å². The number of hydrogen-bond acceptors (Lipinski definition) is 2. The van der Waals surface area contributed by atoms with Crippen molar-refractivity contribution < 1.29 is 14.0 Å². The van der Waals surface area contributed by atoms with Gasteiger partial charge in [0, 0.05) is 12.1 Å². The molecule has 1 saturated carbocycles. The van der Waals surface area contributed by atoms with Gasteiger partial charge in [-0.3, -0.25) is 9.59 Å². The van der Waals surface area contributed by atoms with Gasteiger partial charge in [-0.25, -0.2) is 4.39 Å². The van der Waals surface area contributed by atoms with E-state index < -0.39 is 0 Å². The van der Waals surface area contributed by atoms with E-state index in [2.05, 4.69) is 10.6 Å². The van der Waals surface area contributed by atoms with Gasteiger partial charge >= 0.3 is 0 Å². The lowest BCUT2D eigenvalue weighted by atomic mass is 9.89. The summed E-state index contributed by atoms with van der Waals surface area (Å²) in [6.07, 6.45) is 2.49. The van der Waals surface area contributed by atoms with Crippen LogP contribution in [0.25, 0.3) is 0 Å². The van der Waals surface area contributed by atoms with Crippen molar-refractivity contribution in [2.75, 3.05) is 11.9 Å². The lowest BCUT2D eigenvalue weighted by Crippen LogP contribution is -2.33. The molecule has 2 aromatic rings. The Morgan fingerprint density at radius 1 is 1.12 bits per heavy atom. The molecular formula is C21H23FN2O2. The summed E-state index contributed by atoms with van der Waals surface area (Å²) < 4.78 is 13.5. The van der Waals surface area contributed by atoms with Gasteiger partial charge in [0.25, 0.3) is 0 Å². The second kappa shape index (κ2) is 8.13. The SMILES string of the molecule is Cc1cc(C(CC(=O)NCC(=O)Nc2ccccc2)C2CC2)ccc1F. The van der Waals surface area contributed by atoms with Crippen molar-refractivity contribution in [3.63, 3.8) is 0 Å². The fourth-order valence-corrected chi connectivity index (χ4v) is 3.13. The second-order valence-electron chi connectivity index (χ2n) is 6.85. The summed E-state index contributed by atoms with van der Waals surface area (Å²) in [6.45, 7) is 1.67. The van der Waals surface area contributed by atoms with Gasteiger partial charge in [-0.1, -0.05) is 30.3 Å². The van der Waals surface area contributed by atoms with E-state index in [0.29, 0.717) is 23.6 Å². The summed E-state index contributed by atoms with van der Waals surface area (Å²) in [5.41, 5.74) is 2.29. The van der Waals surface area contributed by atoms with E-state index in [4.69, 9.17) is 0 Å². The quantitative estimate of drug-likeness (QED) is 0.795. The first-order chi connectivity index (χ1) is 12.5. The summed E-state index contributed by atoms with van der Waals surface area (Å²) >= 11 is 0. The first kappa shape index (κ1) is 18.1. The number of nitrogens with one attached hydrogen (secondary N) is 2. The topological polar surface area (TPSA) is 58.2 Å². The van der Waals surface area contributed by atoms with Gasteiger partial charge in [0.1, 0.15) is 5.82 Å². The molecule has 5 heteroatoms. The third-order valence-electron chi connectivity index (χ3n) is 4.71. The summed E-state index contributed by atoms with van der Waals surface area (Å²) in [5, 5.41) is 5.42. The lowest BCUT2D eigenvalue weighted by Gasteiger charge is -2.17. The van der Waals surface area contributed by atoms with Crippen LogP contribution in [0.15, 0.2) is 48.5 Å². The van der Waals surface area contributed by atoms with E-state index in [1.165, 1.54) is 6.07 Å². The number of aryl methyl sites for hydroxylation is 1. The minimum Gasteiger partial charge on any atom is -0.347 e. The predicted octanol–water partition coefficient (Wildman–Crippen LogP) is 3.77. The number of rotatable bonds is 7. The van der Waals surface area contributed by atoms with Crippen molar-refractivity contribution in [2.24, 2.45) is 5.92 Å². The van der Waals surface area contributed by atoms with Crippen LogP contribution in [0, 0.1) is 18.7 Å². The van der Waals surface area contributed by atoms with Crippen LogP contribution >= 0.6 is 0 Å². The van der Waals surface area contributed by atoms with Crippen LogP contribution in [-0.4, -0.2) is 18.4 Å². The van der Waals surface area contributed by atoms with E-state index in [1.54, 1.807) is 25.1 Å². The molecule has 1 atom stereocenters. The van der Waals surface area contributed by atoms with Crippen LogP contribution in [0.5, 0.6) is 0 Å². The van der Waals surface area contributed by atoms with E-state index in [0.717, 1.165) is 18.4 Å². The third kappa shape index (κ3) is 4.91. The average Bonchev–Trinajstić information content (AvgIpc) is 3.46. The smallest absolute Gasteiger partial charge is 0.243 e. The van der Waals surface area contributed by atoms with E-state index >= 15 is 0 Å². The summed E-state index contributed by atoms with van der Waals surface area (Å²) in [4.78, 5) is 24.2. The molecule has 0 radical (unpaired) electrons. The van der Waals surface area contributed by atoms with Gasteiger partial charge in [0.2, 0.25) is 11.8 Å². The molecule has 3 rings (SSSR count). The molecule has 1 unspecified atom stereocenters. The summed E-state index contributed by atoms with van der Waals surface area (Å²) in [5.74, 6) is -0.113. The second-order valence-corrected chi connectivity index (χ2v) is 6.85. The van der Waals surface area contributed by atoms with Crippen LogP contribution in [-0.2, 0) is 9.59 Å². The molecule has 0 saturated heterocycles. The Labute approximate surface area is 152 Å². The molecule has 2 aromatic carbocycles. The zero-order chi connectivity index (χ0) is 18.5. The molecule has 4 nitrogen and oxygen atoms in total. The zero-order valence-corrected chi connectivity index (χ0v) is 14.8. The molecule has 0 heterocycles. The molecule has 0 aliphatic heterocycles. The van der Waals surface area contributed by atoms with E-state index in [1.807, 2.05) is 24.3 Å². The van der Waals surface area contributed by atoms with Crippen molar-refractivity contribution in [3.05, 3.63) is 65.5 Å². The zero-order valence-electron chi connectivity index (χ0n) is 14.8. The predicted molar refractivity (Wildman–Crippen MR) is 99.3 cm³/mol. The number of carbonyl (C=O) groups is 2. The van der Waals surface area contributed by atoms with Crippen molar-refractivity contribution in [3.8, 4) is 0 Å². The lowest BCUT2D eigenvalue weighted by molar-refractivity contribution is -0.124. The number of anilines is 1. The van der Waals surface area contributed by atoms with Gasteiger partial charge < -0.3 is 10.6 Å². The number of amides is 2. The molecular weight excluding hydrogens is 331 g/mol. The maximum absolute atomic E-state index is 13.5. The largest absolute Gasteiger partial charge is 0.347 e. The van der Waals surface area contributed by atoms with E-state index in [9.17, 15) is 14.0 Å². The van der Waals surface area contributed by atoms with Gasteiger partial charge in [0.15, 0.2) is 0 Å². The molecule has 26 heavy (non-hydrogen) atoms. The first-order valence-corrected chi connectivity index (χ1v) is 8.90. The highest BCUT2D eigenvalue weighted by Crippen LogP contribution is 2.44. The van der Waals surface area contributed by atoms with Crippen LogP contribution in [0.2, 0.25) is 0 Å². The molecule has 0 aromatic heterocycles. The number of benzene rings is 2.